The van der Waals surface area contributed by atoms with E-state index in [0.717, 1.165) is 71.4 Å². The lowest BCUT2D eigenvalue weighted by atomic mass is 9.91. The number of hydrogen-bond acceptors (Lipinski definition) is 3. The molecule has 5 heteroatoms. The normalized spacial score (nSPS) is 30.3. The fourth-order valence-electron chi connectivity index (χ4n) is 4.32. The van der Waals surface area contributed by atoms with Crippen molar-refractivity contribution >= 4 is 11.8 Å². The van der Waals surface area contributed by atoms with Crippen molar-refractivity contribution in [2.45, 2.75) is 45.4 Å². The van der Waals surface area contributed by atoms with Crippen molar-refractivity contribution in [1.29, 1.82) is 0 Å². The molecule has 0 aromatic carbocycles. The van der Waals surface area contributed by atoms with Gasteiger partial charge in [-0.05, 0) is 51.0 Å². The minimum atomic E-state index is 0.133. The van der Waals surface area contributed by atoms with Crippen LogP contribution in [0.2, 0.25) is 0 Å². The standard InChI is InChI=1S/C18H31N3O2/c1-14-4-3-9-21(13-14)17(22)15-6-10-20(11-7-15)18(23)16-5-2-8-19-12-16/h14-16,19H,2-13H2,1H3. The highest BCUT2D eigenvalue weighted by Crippen LogP contribution is 2.25. The van der Waals surface area contributed by atoms with Gasteiger partial charge < -0.3 is 15.1 Å². The molecule has 0 saturated carbocycles. The Kier molecular flexibility index (Phi) is 5.57. The molecule has 5 nitrogen and oxygen atoms in total. The van der Waals surface area contributed by atoms with Crippen LogP contribution in [0.15, 0.2) is 0 Å². The lowest BCUT2D eigenvalue weighted by molar-refractivity contribution is -0.143. The summed E-state index contributed by atoms with van der Waals surface area (Å²) in [4.78, 5) is 29.3. The van der Waals surface area contributed by atoms with Crippen molar-refractivity contribution in [2.24, 2.45) is 17.8 Å². The average molecular weight is 321 g/mol. The van der Waals surface area contributed by atoms with Crippen LogP contribution in [0, 0.1) is 17.8 Å². The van der Waals surface area contributed by atoms with Gasteiger partial charge in [0.2, 0.25) is 11.8 Å². The maximum atomic E-state index is 12.7. The van der Waals surface area contributed by atoms with Gasteiger partial charge in [-0.1, -0.05) is 6.92 Å². The van der Waals surface area contributed by atoms with E-state index in [1.54, 1.807) is 0 Å². The molecule has 2 unspecified atom stereocenters. The Bertz CT molecular complexity index is 426. The average Bonchev–Trinajstić information content (AvgIpc) is 2.61. The Hall–Kier alpha value is -1.10. The molecule has 0 aromatic heterocycles. The van der Waals surface area contributed by atoms with E-state index < -0.39 is 0 Å². The SMILES string of the molecule is CC1CCCN(C(=O)C2CCN(C(=O)C3CCCNC3)CC2)C1. The Balaban J connectivity index is 1.47. The van der Waals surface area contributed by atoms with Crippen molar-refractivity contribution in [3.8, 4) is 0 Å². The van der Waals surface area contributed by atoms with Gasteiger partial charge in [-0.15, -0.1) is 0 Å². The molecule has 0 aromatic rings. The summed E-state index contributed by atoms with van der Waals surface area (Å²) >= 11 is 0. The van der Waals surface area contributed by atoms with E-state index in [9.17, 15) is 9.59 Å². The first-order chi connectivity index (χ1) is 11.1. The third kappa shape index (κ3) is 4.06. The molecule has 2 atom stereocenters. The molecule has 23 heavy (non-hydrogen) atoms. The first-order valence-electron chi connectivity index (χ1n) is 9.43. The lowest BCUT2D eigenvalue weighted by Crippen LogP contribution is -2.49. The first-order valence-corrected chi connectivity index (χ1v) is 9.43. The second-order valence-corrected chi connectivity index (χ2v) is 7.67. The van der Waals surface area contributed by atoms with E-state index >= 15 is 0 Å². The Morgan fingerprint density at radius 2 is 1.61 bits per heavy atom. The number of likely N-dealkylation sites (tertiary alicyclic amines) is 2. The van der Waals surface area contributed by atoms with Gasteiger partial charge in [-0.3, -0.25) is 9.59 Å². The molecule has 3 fully saturated rings. The van der Waals surface area contributed by atoms with Crippen LogP contribution in [-0.4, -0.2) is 60.9 Å². The smallest absolute Gasteiger partial charge is 0.226 e. The first kappa shape index (κ1) is 16.7. The number of carbonyl (C=O) groups excluding carboxylic acids is 2. The molecule has 3 aliphatic rings. The highest BCUT2D eigenvalue weighted by Gasteiger charge is 2.33. The largest absolute Gasteiger partial charge is 0.342 e. The fraction of sp³-hybridized carbons (Fsp3) is 0.889. The highest BCUT2D eigenvalue weighted by molar-refractivity contribution is 5.81. The van der Waals surface area contributed by atoms with E-state index in [1.807, 2.05) is 4.90 Å². The third-order valence-electron chi connectivity index (χ3n) is 5.77. The summed E-state index contributed by atoms with van der Waals surface area (Å²) in [5, 5.41) is 3.32. The Morgan fingerprint density at radius 1 is 0.870 bits per heavy atom. The topological polar surface area (TPSA) is 52.7 Å². The predicted molar refractivity (Wildman–Crippen MR) is 89.9 cm³/mol. The van der Waals surface area contributed by atoms with Crippen LogP contribution in [0.3, 0.4) is 0 Å². The molecular formula is C18H31N3O2. The molecule has 3 aliphatic heterocycles. The van der Waals surface area contributed by atoms with Crippen LogP contribution < -0.4 is 5.32 Å². The number of nitrogens with one attached hydrogen (secondary N) is 1. The molecular weight excluding hydrogens is 290 g/mol. The molecule has 0 bridgehead atoms. The monoisotopic (exact) mass is 321 g/mol. The van der Waals surface area contributed by atoms with Crippen molar-refractivity contribution in [2.75, 3.05) is 39.3 Å². The fourth-order valence-corrected chi connectivity index (χ4v) is 4.32. The van der Waals surface area contributed by atoms with Gasteiger partial charge in [0.1, 0.15) is 0 Å². The van der Waals surface area contributed by atoms with Crippen LogP contribution in [0.5, 0.6) is 0 Å². The Labute approximate surface area is 139 Å². The second kappa shape index (κ2) is 7.65. The van der Waals surface area contributed by atoms with Crippen LogP contribution in [-0.2, 0) is 9.59 Å². The number of carbonyl (C=O) groups is 2. The summed E-state index contributed by atoms with van der Waals surface area (Å²) in [5.41, 5.74) is 0. The van der Waals surface area contributed by atoms with E-state index in [2.05, 4.69) is 17.1 Å². The van der Waals surface area contributed by atoms with Gasteiger partial charge in [0.15, 0.2) is 0 Å². The van der Waals surface area contributed by atoms with E-state index in [4.69, 9.17) is 0 Å². The number of hydrogen-bond donors (Lipinski definition) is 1. The number of amides is 2. The van der Waals surface area contributed by atoms with Crippen molar-refractivity contribution in [3.05, 3.63) is 0 Å². The second-order valence-electron chi connectivity index (χ2n) is 7.67. The molecule has 0 aliphatic carbocycles. The summed E-state index contributed by atoms with van der Waals surface area (Å²) < 4.78 is 0. The summed E-state index contributed by atoms with van der Waals surface area (Å²) in [6, 6.07) is 0. The van der Waals surface area contributed by atoms with E-state index in [1.165, 1.54) is 6.42 Å². The minimum absolute atomic E-state index is 0.133. The zero-order valence-electron chi connectivity index (χ0n) is 14.4. The summed E-state index contributed by atoms with van der Waals surface area (Å²) in [6.45, 7) is 7.46. The maximum absolute atomic E-state index is 12.7. The molecule has 0 spiro atoms. The summed E-state index contributed by atoms with van der Waals surface area (Å²) in [5.74, 6) is 1.55. The quantitative estimate of drug-likeness (QED) is 0.838. The van der Waals surface area contributed by atoms with Crippen LogP contribution in [0.25, 0.3) is 0 Å². The molecule has 1 N–H and O–H groups in total. The van der Waals surface area contributed by atoms with Gasteiger partial charge in [-0.25, -0.2) is 0 Å². The van der Waals surface area contributed by atoms with Gasteiger partial charge in [0.05, 0.1) is 5.92 Å². The zero-order valence-corrected chi connectivity index (χ0v) is 14.4. The predicted octanol–water partition coefficient (Wildman–Crippen LogP) is 1.48. The molecule has 130 valence electrons. The Morgan fingerprint density at radius 3 is 2.26 bits per heavy atom. The van der Waals surface area contributed by atoms with Gasteiger partial charge in [0.25, 0.3) is 0 Å². The molecule has 0 radical (unpaired) electrons. The van der Waals surface area contributed by atoms with Crippen molar-refractivity contribution in [1.82, 2.24) is 15.1 Å². The van der Waals surface area contributed by atoms with Crippen LogP contribution >= 0.6 is 0 Å². The molecule has 3 rings (SSSR count). The van der Waals surface area contributed by atoms with Crippen molar-refractivity contribution in [3.63, 3.8) is 0 Å². The van der Waals surface area contributed by atoms with Crippen molar-refractivity contribution < 1.29 is 9.59 Å². The van der Waals surface area contributed by atoms with E-state index in [0.29, 0.717) is 17.7 Å². The van der Waals surface area contributed by atoms with Gasteiger partial charge >= 0.3 is 0 Å². The summed E-state index contributed by atoms with van der Waals surface area (Å²) in [7, 11) is 0. The number of piperidine rings is 3. The third-order valence-corrected chi connectivity index (χ3v) is 5.77. The summed E-state index contributed by atoms with van der Waals surface area (Å²) in [6.07, 6.45) is 6.17. The van der Waals surface area contributed by atoms with Crippen LogP contribution in [0.1, 0.15) is 45.4 Å². The van der Waals surface area contributed by atoms with Gasteiger partial charge in [-0.2, -0.15) is 0 Å². The molecule has 2 amide bonds. The number of rotatable bonds is 2. The van der Waals surface area contributed by atoms with Crippen LogP contribution in [0.4, 0.5) is 0 Å². The highest BCUT2D eigenvalue weighted by atomic mass is 16.2. The lowest BCUT2D eigenvalue weighted by Gasteiger charge is -2.38. The maximum Gasteiger partial charge on any atom is 0.226 e. The van der Waals surface area contributed by atoms with E-state index in [-0.39, 0.29) is 11.8 Å². The zero-order chi connectivity index (χ0) is 16.2. The number of nitrogens with zero attached hydrogens (tertiary/aromatic N) is 2. The minimum Gasteiger partial charge on any atom is -0.342 e. The molecule has 3 saturated heterocycles. The molecule has 3 heterocycles. The van der Waals surface area contributed by atoms with Gasteiger partial charge in [0, 0.05) is 38.6 Å².